The molecule has 4 aliphatic rings. The van der Waals surface area contributed by atoms with Gasteiger partial charge in [0.2, 0.25) is 0 Å². The highest BCUT2D eigenvalue weighted by molar-refractivity contribution is 5.86. The molecule has 3 saturated carbocycles. The largest absolute Gasteiger partial charge is 0.462 e. The van der Waals surface area contributed by atoms with Gasteiger partial charge in [-0.3, -0.25) is 9.59 Å². The number of rotatable bonds is 3. The highest BCUT2D eigenvalue weighted by Gasteiger charge is 2.67. The second-order valence-electron chi connectivity index (χ2n) is 8.58. The van der Waals surface area contributed by atoms with Gasteiger partial charge in [-0.2, -0.15) is 0 Å². The van der Waals surface area contributed by atoms with Crippen LogP contribution < -0.4 is 0 Å². The molecule has 4 heteroatoms. The number of hydrogen-bond acceptors (Lipinski definition) is 4. The molecule has 6 atom stereocenters. The average molecular weight is 320 g/mol. The van der Waals surface area contributed by atoms with Gasteiger partial charge in [-0.05, 0) is 49.9 Å². The fourth-order valence-corrected chi connectivity index (χ4v) is 5.92. The smallest absolute Gasteiger partial charge is 0.310 e. The second kappa shape index (κ2) is 5.22. The molecule has 4 nitrogen and oxygen atoms in total. The molecule has 3 aliphatic carbocycles. The van der Waals surface area contributed by atoms with Gasteiger partial charge >= 0.3 is 11.9 Å². The molecule has 1 aliphatic heterocycles. The van der Waals surface area contributed by atoms with Gasteiger partial charge in [0.05, 0.1) is 11.8 Å². The summed E-state index contributed by atoms with van der Waals surface area (Å²) < 4.78 is 11.7. The van der Waals surface area contributed by atoms with E-state index in [4.69, 9.17) is 9.47 Å². The molecule has 2 bridgehead atoms. The first-order valence-corrected chi connectivity index (χ1v) is 9.38. The lowest BCUT2D eigenvalue weighted by Crippen LogP contribution is -2.46. The number of hydrogen-bond donors (Lipinski definition) is 0. The molecule has 0 spiro atoms. The number of fused-ring (bicyclic) bond motifs is 1. The van der Waals surface area contributed by atoms with Gasteiger partial charge in [0.1, 0.15) is 11.7 Å². The van der Waals surface area contributed by atoms with Crippen LogP contribution in [0, 0.1) is 35.5 Å². The van der Waals surface area contributed by atoms with Gasteiger partial charge < -0.3 is 9.47 Å². The minimum Gasteiger partial charge on any atom is -0.462 e. The van der Waals surface area contributed by atoms with Crippen molar-refractivity contribution < 1.29 is 19.1 Å². The highest BCUT2D eigenvalue weighted by Crippen LogP contribution is 2.60. The highest BCUT2D eigenvalue weighted by atomic mass is 16.6. The first kappa shape index (κ1) is 15.5. The third-order valence-corrected chi connectivity index (χ3v) is 7.32. The maximum atomic E-state index is 13.1. The maximum absolute atomic E-state index is 13.1. The molecule has 4 fully saturated rings. The fraction of sp³-hybridized carbons (Fsp3) is 0.895. The molecule has 128 valence electrons. The molecule has 0 N–H and O–H groups in total. The van der Waals surface area contributed by atoms with Gasteiger partial charge in [-0.1, -0.05) is 27.2 Å². The number of esters is 2. The van der Waals surface area contributed by atoms with Crippen LogP contribution >= 0.6 is 0 Å². The predicted octanol–water partition coefficient (Wildman–Crippen LogP) is 3.33. The first-order valence-electron chi connectivity index (χ1n) is 9.38. The molecule has 4 rings (SSSR count). The van der Waals surface area contributed by atoms with Crippen molar-refractivity contribution in [2.24, 2.45) is 35.5 Å². The summed E-state index contributed by atoms with van der Waals surface area (Å²) in [4.78, 5) is 25.3. The molecule has 0 radical (unpaired) electrons. The van der Waals surface area contributed by atoms with E-state index < -0.39 is 0 Å². The molecule has 1 heterocycles. The Bertz CT molecular complexity index is 519. The Morgan fingerprint density at radius 3 is 2.57 bits per heavy atom. The lowest BCUT2D eigenvalue weighted by Gasteiger charge is -2.42. The van der Waals surface area contributed by atoms with E-state index >= 15 is 0 Å². The topological polar surface area (TPSA) is 52.6 Å². The summed E-state index contributed by atoms with van der Waals surface area (Å²) in [5, 5.41) is 0. The third kappa shape index (κ3) is 2.09. The van der Waals surface area contributed by atoms with Gasteiger partial charge in [0.15, 0.2) is 0 Å². The molecule has 0 aromatic carbocycles. The Labute approximate surface area is 138 Å². The Morgan fingerprint density at radius 2 is 1.91 bits per heavy atom. The third-order valence-electron chi connectivity index (χ3n) is 7.32. The molecular formula is C19H28O4. The summed E-state index contributed by atoms with van der Waals surface area (Å²) in [5.41, 5.74) is -0.317. The predicted molar refractivity (Wildman–Crippen MR) is 84.4 cm³/mol. The normalized spacial score (nSPS) is 43.7. The van der Waals surface area contributed by atoms with Crippen LogP contribution in [-0.2, 0) is 19.1 Å². The van der Waals surface area contributed by atoms with Crippen molar-refractivity contribution in [2.75, 3.05) is 0 Å². The van der Waals surface area contributed by atoms with E-state index in [9.17, 15) is 9.59 Å². The molecule has 5 unspecified atom stereocenters. The summed E-state index contributed by atoms with van der Waals surface area (Å²) in [7, 11) is 0. The lowest BCUT2D eigenvalue weighted by molar-refractivity contribution is -0.179. The molecule has 0 amide bonds. The van der Waals surface area contributed by atoms with Crippen molar-refractivity contribution in [1.82, 2.24) is 0 Å². The number of ether oxygens (including phenoxy) is 2. The molecule has 23 heavy (non-hydrogen) atoms. The van der Waals surface area contributed by atoms with Crippen molar-refractivity contribution >= 4 is 11.9 Å². The molecule has 1 saturated heterocycles. The van der Waals surface area contributed by atoms with Crippen LogP contribution in [0.15, 0.2) is 0 Å². The van der Waals surface area contributed by atoms with Crippen LogP contribution in [0.25, 0.3) is 0 Å². The molecule has 0 aromatic rings. The molecular weight excluding hydrogens is 292 g/mol. The zero-order valence-electron chi connectivity index (χ0n) is 14.4. The minimum atomic E-state index is -0.317. The Kier molecular flexibility index (Phi) is 3.51. The van der Waals surface area contributed by atoms with Crippen LogP contribution in [0.3, 0.4) is 0 Å². The lowest BCUT2D eigenvalue weighted by atomic mass is 9.74. The summed E-state index contributed by atoms with van der Waals surface area (Å²) in [6.07, 6.45) is 6.42. The summed E-state index contributed by atoms with van der Waals surface area (Å²) in [5.74, 6) is 0.356. The number of carbonyl (C=O) groups excluding carboxylic acids is 2. The summed E-state index contributed by atoms with van der Waals surface area (Å²) in [6.45, 7) is 6.44. The quantitative estimate of drug-likeness (QED) is 0.749. The Hall–Kier alpha value is -1.06. The maximum Gasteiger partial charge on any atom is 0.310 e. The van der Waals surface area contributed by atoms with Crippen LogP contribution in [0.1, 0.15) is 59.3 Å². The SMILES string of the molecule is CC(C)C1(OC(=O)C2C3C(=O)OC4C3CC2[C@H]4C)CCCCC1. The van der Waals surface area contributed by atoms with E-state index in [1.165, 1.54) is 6.42 Å². The summed E-state index contributed by atoms with van der Waals surface area (Å²) in [6, 6.07) is 0. The van der Waals surface area contributed by atoms with E-state index in [1.54, 1.807) is 0 Å². The average Bonchev–Trinajstić information content (AvgIpc) is 3.12. The van der Waals surface area contributed by atoms with Gasteiger partial charge in [0, 0.05) is 5.92 Å². The van der Waals surface area contributed by atoms with Gasteiger partial charge in [-0.25, -0.2) is 0 Å². The van der Waals surface area contributed by atoms with E-state index in [1.807, 2.05) is 0 Å². The van der Waals surface area contributed by atoms with Crippen molar-refractivity contribution in [1.29, 1.82) is 0 Å². The fourth-order valence-electron chi connectivity index (χ4n) is 5.92. The Balaban J connectivity index is 1.56. The zero-order chi connectivity index (χ0) is 16.4. The van der Waals surface area contributed by atoms with E-state index in [-0.39, 0.29) is 47.3 Å². The van der Waals surface area contributed by atoms with E-state index in [2.05, 4.69) is 20.8 Å². The van der Waals surface area contributed by atoms with E-state index in [0.29, 0.717) is 11.8 Å². The standard InChI is InChI=1S/C19H28O4/c1-10(2)19(7-5-4-6-8-19)23-18(21)14-12-9-13-15(14)17(20)22-16(13)11(12)3/h10-16H,4-9H2,1-3H3/t11-,12?,13?,14?,15?,16?/m1/s1. The number of carbonyl (C=O) groups is 2. The Morgan fingerprint density at radius 1 is 1.22 bits per heavy atom. The van der Waals surface area contributed by atoms with Crippen molar-refractivity contribution in [2.45, 2.75) is 71.0 Å². The van der Waals surface area contributed by atoms with Crippen LogP contribution in [0.2, 0.25) is 0 Å². The van der Waals surface area contributed by atoms with Crippen LogP contribution in [-0.4, -0.2) is 23.6 Å². The van der Waals surface area contributed by atoms with Crippen LogP contribution in [0.5, 0.6) is 0 Å². The van der Waals surface area contributed by atoms with E-state index in [0.717, 1.165) is 32.1 Å². The van der Waals surface area contributed by atoms with Gasteiger partial charge in [-0.15, -0.1) is 0 Å². The van der Waals surface area contributed by atoms with Crippen LogP contribution in [0.4, 0.5) is 0 Å². The van der Waals surface area contributed by atoms with Gasteiger partial charge in [0.25, 0.3) is 0 Å². The van der Waals surface area contributed by atoms with Crippen molar-refractivity contribution in [3.8, 4) is 0 Å². The monoisotopic (exact) mass is 320 g/mol. The van der Waals surface area contributed by atoms with Crippen molar-refractivity contribution in [3.05, 3.63) is 0 Å². The molecule has 0 aromatic heterocycles. The first-order chi connectivity index (χ1) is 10.9. The summed E-state index contributed by atoms with van der Waals surface area (Å²) >= 11 is 0. The zero-order valence-corrected chi connectivity index (χ0v) is 14.4. The second-order valence-corrected chi connectivity index (χ2v) is 8.58. The minimum absolute atomic E-state index is 0.0512. The van der Waals surface area contributed by atoms with Crippen molar-refractivity contribution in [3.63, 3.8) is 0 Å².